The van der Waals surface area contributed by atoms with Crippen molar-refractivity contribution in [2.45, 2.75) is 25.9 Å². The van der Waals surface area contributed by atoms with Crippen molar-refractivity contribution in [3.05, 3.63) is 65.0 Å². The monoisotopic (exact) mass is 426 g/mol. The van der Waals surface area contributed by atoms with E-state index in [2.05, 4.69) is 0 Å². The van der Waals surface area contributed by atoms with Crippen LogP contribution in [0.3, 0.4) is 0 Å². The lowest BCUT2D eigenvalue weighted by Crippen LogP contribution is -3.13. The van der Waals surface area contributed by atoms with E-state index in [1.54, 1.807) is 13.2 Å². The van der Waals surface area contributed by atoms with Gasteiger partial charge in [-0.2, -0.15) is 0 Å². The molecule has 2 saturated heterocycles. The minimum atomic E-state index is -0.264. The maximum atomic E-state index is 13.6. The molecule has 4 rings (SSSR count). The van der Waals surface area contributed by atoms with Gasteiger partial charge < -0.3 is 19.4 Å². The number of nitrogens with one attached hydrogen (secondary N) is 1. The van der Waals surface area contributed by atoms with Crippen molar-refractivity contribution < 1.29 is 23.6 Å². The van der Waals surface area contributed by atoms with Crippen LogP contribution >= 0.6 is 0 Å². The second-order valence-electron chi connectivity index (χ2n) is 8.29. The number of carbonyl (C=O) groups is 2. The Labute approximate surface area is 182 Å². The Bertz CT molecular complexity index is 957. The number of benzene rings is 2. The summed E-state index contributed by atoms with van der Waals surface area (Å²) in [6.45, 7) is 4.93. The Balaban J connectivity index is 1.35. The first-order valence-electron chi connectivity index (χ1n) is 10.9. The Morgan fingerprint density at radius 3 is 2.65 bits per heavy atom. The Kier molecular flexibility index (Phi) is 6.51. The molecule has 0 atom stereocenters. The lowest BCUT2D eigenvalue weighted by molar-refractivity contribution is -0.917. The summed E-state index contributed by atoms with van der Waals surface area (Å²) in [6.07, 6.45) is 1.53. The van der Waals surface area contributed by atoms with Gasteiger partial charge in [0.15, 0.2) is 0 Å². The molecule has 2 aromatic rings. The number of quaternary nitrogens is 1. The quantitative estimate of drug-likeness (QED) is 0.762. The molecule has 0 saturated carbocycles. The summed E-state index contributed by atoms with van der Waals surface area (Å²) >= 11 is 0. The van der Waals surface area contributed by atoms with Gasteiger partial charge in [0.05, 0.1) is 38.9 Å². The van der Waals surface area contributed by atoms with E-state index in [1.807, 2.05) is 34.1 Å². The fourth-order valence-corrected chi connectivity index (χ4v) is 4.43. The van der Waals surface area contributed by atoms with Gasteiger partial charge in [-0.1, -0.05) is 12.1 Å². The van der Waals surface area contributed by atoms with Crippen LogP contribution in [0.15, 0.2) is 42.5 Å². The number of hydrogen-bond acceptors (Lipinski definition) is 3. The van der Waals surface area contributed by atoms with Crippen molar-refractivity contribution in [3.8, 4) is 5.75 Å². The molecule has 2 aliphatic heterocycles. The molecule has 0 radical (unpaired) electrons. The standard InChI is InChI=1S/C24H28FN3O3/c1-31-22-8-7-21(25)15-20(22)17-26-10-12-27(13-11-26)24(30)19-5-2-4-18(14-19)16-28-9-3-6-23(28)29/h2,4-5,7-8,14-15H,3,6,9-13,16-17H2,1H3/p+1. The Morgan fingerprint density at radius 1 is 1.13 bits per heavy atom. The summed E-state index contributed by atoms with van der Waals surface area (Å²) in [4.78, 5) is 30.0. The third-order valence-corrected chi connectivity index (χ3v) is 6.16. The number of halogens is 1. The van der Waals surface area contributed by atoms with E-state index in [0.717, 1.165) is 37.2 Å². The zero-order chi connectivity index (χ0) is 21.8. The predicted octanol–water partition coefficient (Wildman–Crippen LogP) is 1.50. The van der Waals surface area contributed by atoms with Gasteiger partial charge in [-0.05, 0) is 42.3 Å². The molecule has 0 unspecified atom stereocenters. The number of likely N-dealkylation sites (tertiary alicyclic amines) is 1. The second-order valence-corrected chi connectivity index (χ2v) is 8.29. The fraction of sp³-hybridized carbons (Fsp3) is 0.417. The van der Waals surface area contributed by atoms with Crippen molar-refractivity contribution in [2.75, 3.05) is 39.8 Å². The predicted molar refractivity (Wildman–Crippen MR) is 114 cm³/mol. The molecule has 0 bridgehead atoms. The van der Waals surface area contributed by atoms with Crippen LogP contribution in [0.25, 0.3) is 0 Å². The average molecular weight is 427 g/mol. The number of ether oxygens (including phenoxy) is 1. The highest BCUT2D eigenvalue weighted by atomic mass is 19.1. The molecule has 0 aromatic heterocycles. The van der Waals surface area contributed by atoms with Crippen molar-refractivity contribution in [1.29, 1.82) is 0 Å². The molecule has 2 aromatic carbocycles. The van der Waals surface area contributed by atoms with E-state index < -0.39 is 0 Å². The fourth-order valence-electron chi connectivity index (χ4n) is 4.43. The maximum absolute atomic E-state index is 13.6. The highest BCUT2D eigenvalue weighted by molar-refractivity contribution is 5.94. The van der Waals surface area contributed by atoms with Crippen LogP contribution in [0, 0.1) is 5.82 Å². The summed E-state index contributed by atoms with van der Waals surface area (Å²) in [5.74, 6) is 0.642. The van der Waals surface area contributed by atoms with Crippen molar-refractivity contribution >= 4 is 11.8 Å². The Hall–Kier alpha value is -2.93. The molecule has 2 heterocycles. The van der Waals surface area contributed by atoms with Gasteiger partial charge >= 0.3 is 0 Å². The van der Waals surface area contributed by atoms with Gasteiger partial charge in [-0.25, -0.2) is 4.39 Å². The van der Waals surface area contributed by atoms with Crippen LogP contribution < -0.4 is 9.64 Å². The minimum Gasteiger partial charge on any atom is -0.496 e. The van der Waals surface area contributed by atoms with Gasteiger partial charge in [-0.3, -0.25) is 9.59 Å². The number of nitrogens with zero attached hydrogens (tertiary/aromatic N) is 2. The lowest BCUT2D eigenvalue weighted by Gasteiger charge is -2.32. The molecular weight excluding hydrogens is 397 g/mol. The highest BCUT2D eigenvalue weighted by Gasteiger charge is 2.26. The molecular formula is C24H29FN3O3+. The third-order valence-electron chi connectivity index (χ3n) is 6.16. The van der Waals surface area contributed by atoms with Crippen molar-refractivity contribution in [1.82, 2.24) is 9.80 Å². The number of methoxy groups -OCH3 is 1. The van der Waals surface area contributed by atoms with E-state index in [-0.39, 0.29) is 17.6 Å². The summed E-state index contributed by atoms with van der Waals surface area (Å²) in [5, 5.41) is 0. The van der Waals surface area contributed by atoms with E-state index in [4.69, 9.17) is 4.74 Å². The molecule has 0 aliphatic carbocycles. The SMILES string of the molecule is COc1ccc(F)cc1C[NH+]1CCN(C(=O)c2cccc(CN3CCCC3=O)c2)CC1. The zero-order valence-electron chi connectivity index (χ0n) is 17.9. The van der Waals surface area contributed by atoms with Gasteiger partial charge in [0.25, 0.3) is 5.91 Å². The second kappa shape index (κ2) is 9.47. The highest BCUT2D eigenvalue weighted by Crippen LogP contribution is 2.19. The topological polar surface area (TPSA) is 54.3 Å². The number of rotatable bonds is 6. The summed E-state index contributed by atoms with van der Waals surface area (Å²) < 4.78 is 19.0. The number of hydrogen-bond donors (Lipinski definition) is 1. The van der Waals surface area contributed by atoms with Gasteiger partial charge in [0, 0.05) is 25.1 Å². The van der Waals surface area contributed by atoms with Crippen LogP contribution in [0.4, 0.5) is 4.39 Å². The molecule has 6 nitrogen and oxygen atoms in total. The van der Waals surface area contributed by atoms with E-state index in [1.165, 1.54) is 17.0 Å². The molecule has 2 aliphatic rings. The molecule has 31 heavy (non-hydrogen) atoms. The zero-order valence-corrected chi connectivity index (χ0v) is 17.9. The molecule has 1 N–H and O–H groups in total. The molecule has 0 spiro atoms. The first-order valence-corrected chi connectivity index (χ1v) is 10.9. The van der Waals surface area contributed by atoms with Crippen LogP contribution in [0.2, 0.25) is 0 Å². The summed E-state index contributed by atoms with van der Waals surface area (Å²) in [5.41, 5.74) is 2.50. The van der Waals surface area contributed by atoms with Crippen LogP contribution in [0.1, 0.15) is 34.3 Å². The lowest BCUT2D eigenvalue weighted by atomic mass is 10.1. The van der Waals surface area contributed by atoms with Crippen LogP contribution in [-0.4, -0.2) is 61.4 Å². The van der Waals surface area contributed by atoms with Crippen molar-refractivity contribution in [2.24, 2.45) is 0 Å². The van der Waals surface area contributed by atoms with Gasteiger partial charge in [-0.15, -0.1) is 0 Å². The first-order chi connectivity index (χ1) is 15.0. The van der Waals surface area contributed by atoms with Crippen LogP contribution in [-0.2, 0) is 17.9 Å². The smallest absolute Gasteiger partial charge is 0.254 e. The number of carbonyl (C=O) groups excluding carboxylic acids is 2. The van der Waals surface area contributed by atoms with E-state index >= 15 is 0 Å². The number of piperazine rings is 1. The summed E-state index contributed by atoms with van der Waals surface area (Å²) in [7, 11) is 1.59. The molecule has 2 amide bonds. The van der Waals surface area contributed by atoms with Crippen LogP contribution in [0.5, 0.6) is 5.75 Å². The molecule has 7 heteroatoms. The molecule has 2 fully saturated rings. The van der Waals surface area contributed by atoms with Gasteiger partial charge in [0.1, 0.15) is 18.1 Å². The summed E-state index contributed by atoms with van der Waals surface area (Å²) in [6, 6.07) is 12.2. The minimum absolute atomic E-state index is 0.0250. The normalized spacial score (nSPS) is 17.3. The third kappa shape index (κ3) is 5.05. The van der Waals surface area contributed by atoms with E-state index in [9.17, 15) is 14.0 Å². The first kappa shape index (κ1) is 21.3. The average Bonchev–Trinajstić information content (AvgIpc) is 3.18. The maximum Gasteiger partial charge on any atom is 0.254 e. The van der Waals surface area contributed by atoms with Gasteiger partial charge in [0.2, 0.25) is 5.91 Å². The van der Waals surface area contributed by atoms with E-state index in [0.29, 0.717) is 43.9 Å². The molecule has 164 valence electrons. The Morgan fingerprint density at radius 2 is 1.94 bits per heavy atom. The number of amides is 2. The van der Waals surface area contributed by atoms with Crippen molar-refractivity contribution in [3.63, 3.8) is 0 Å². The largest absolute Gasteiger partial charge is 0.496 e.